The maximum atomic E-state index is 12.0. The summed E-state index contributed by atoms with van der Waals surface area (Å²) in [4.78, 5) is 12.0. The minimum absolute atomic E-state index is 0.272. The first-order valence-corrected chi connectivity index (χ1v) is 6.20. The van der Waals surface area contributed by atoms with Gasteiger partial charge in [-0.3, -0.25) is 4.79 Å². The normalized spacial score (nSPS) is 11.9. The van der Waals surface area contributed by atoms with Crippen LogP contribution in [0.3, 0.4) is 0 Å². The van der Waals surface area contributed by atoms with E-state index in [-0.39, 0.29) is 5.91 Å². The van der Waals surface area contributed by atoms with Crippen LogP contribution < -0.4 is 10.1 Å². The molecule has 0 bridgehead atoms. The van der Waals surface area contributed by atoms with E-state index in [4.69, 9.17) is 16.3 Å². The van der Waals surface area contributed by atoms with E-state index in [2.05, 4.69) is 15.0 Å². The summed E-state index contributed by atoms with van der Waals surface area (Å²) in [6.45, 7) is 1.86. The third-order valence-corrected chi connectivity index (χ3v) is 2.70. The average molecular weight is 281 g/mol. The number of benzene rings is 1. The van der Waals surface area contributed by atoms with Gasteiger partial charge in [-0.05, 0) is 30.7 Å². The quantitative estimate of drug-likeness (QED) is 0.914. The lowest BCUT2D eigenvalue weighted by atomic mass is 10.2. The topological polar surface area (TPSA) is 64.4 Å². The van der Waals surface area contributed by atoms with Gasteiger partial charge in [0.2, 0.25) is 0 Å². The standard InChI is InChI=1S/C13H13ClN2O3/c1-2-11(13(17)15-12-7-8-18-16-12)19-10-5-3-9(14)4-6-10/h3-8,11H,2H2,1H3,(H,15,16,17)/t11-/m1/s1. The molecule has 6 heteroatoms. The summed E-state index contributed by atoms with van der Waals surface area (Å²) in [5.74, 6) is 0.682. The van der Waals surface area contributed by atoms with E-state index >= 15 is 0 Å². The molecule has 2 rings (SSSR count). The van der Waals surface area contributed by atoms with E-state index in [1.165, 1.54) is 6.26 Å². The van der Waals surface area contributed by atoms with Crippen LogP contribution in [0.1, 0.15) is 13.3 Å². The lowest BCUT2D eigenvalue weighted by Gasteiger charge is -2.16. The molecule has 0 fully saturated rings. The van der Waals surface area contributed by atoms with Crippen molar-refractivity contribution in [3.63, 3.8) is 0 Å². The van der Waals surface area contributed by atoms with Crippen molar-refractivity contribution in [2.75, 3.05) is 5.32 Å². The summed E-state index contributed by atoms with van der Waals surface area (Å²) in [6, 6.07) is 8.41. The van der Waals surface area contributed by atoms with Crippen LogP contribution in [0.5, 0.6) is 5.75 Å². The molecular formula is C13H13ClN2O3. The fourth-order valence-electron chi connectivity index (χ4n) is 1.48. The molecule has 1 heterocycles. The fraction of sp³-hybridized carbons (Fsp3) is 0.231. The first-order chi connectivity index (χ1) is 9.19. The van der Waals surface area contributed by atoms with Crippen molar-refractivity contribution < 1.29 is 14.1 Å². The van der Waals surface area contributed by atoms with Gasteiger partial charge >= 0.3 is 0 Å². The van der Waals surface area contributed by atoms with Gasteiger partial charge in [-0.15, -0.1) is 0 Å². The van der Waals surface area contributed by atoms with E-state index in [1.54, 1.807) is 30.3 Å². The third-order valence-electron chi connectivity index (χ3n) is 2.44. The molecule has 0 saturated heterocycles. The smallest absolute Gasteiger partial charge is 0.266 e. The number of hydrogen-bond donors (Lipinski definition) is 1. The number of ether oxygens (including phenoxy) is 1. The van der Waals surface area contributed by atoms with Gasteiger partial charge in [0.15, 0.2) is 11.9 Å². The second kappa shape index (κ2) is 6.24. The number of rotatable bonds is 5. The summed E-state index contributed by atoms with van der Waals surface area (Å²) in [6.07, 6.45) is 1.32. The summed E-state index contributed by atoms with van der Waals surface area (Å²) in [7, 11) is 0. The Bertz CT molecular complexity index is 525. The number of anilines is 1. The van der Waals surface area contributed by atoms with Crippen LogP contribution >= 0.6 is 11.6 Å². The molecule has 0 radical (unpaired) electrons. The van der Waals surface area contributed by atoms with Crippen LogP contribution in [0.2, 0.25) is 5.02 Å². The number of halogens is 1. The number of nitrogens with one attached hydrogen (secondary N) is 1. The van der Waals surface area contributed by atoms with E-state index in [0.717, 1.165) is 0 Å². The fourth-order valence-corrected chi connectivity index (χ4v) is 1.61. The molecule has 1 aromatic carbocycles. The Kier molecular flexibility index (Phi) is 4.41. The van der Waals surface area contributed by atoms with Crippen LogP contribution in [0, 0.1) is 0 Å². The average Bonchev–Trinajstić information content (AvgIpc) is 2.90. The number of hydrogen-bond acceptors (Lipinski definition) is 4. The summed E-state index contributed by atoms with van der Waals surface area (Å²) >= 11 is 5.79. The first-order valence-electron chi connectivity index (χ1n) is 5.82. The number of amides is 1. The molecule has 2 aromatic rings. The van der Waals surface area contributed by atoms with Crippen molar-refractivity contribution in [3.8, 4) is 5.75 Å². The molecular weight excluding hydrogens is 268 g/mol. The van der Waals surface area contributed by atoms with Gasteiger partial charge in [-0.25, -0.2) is 0 Å². The van der Waals surface area contributed by atoms with Gasteiger partial charge in [0, 0.05) is 11.1 Å². The Morgan fingerprint density at radius 3 is 2.74 bits per heavy atom. The molecule has 5 nitrogen and oxygen atoms in total. The van der Waals surface area contributed by atoms with Gasteiger partial charge in [0.25, 0.3) is 5.91 Å². The molecule has 1 amide bonds. The summed E-state index contributed by atoms with van der Waals surface area (Å²) in [5, 5.41) is 6.84. The van der Waals surface area contributed by atoms with Crippen molar-refractivity contribution in [1.29, 1.82) is 0 Å². The molecule has 0 saturated carbocycles. The van der Waals surface area contributed by atoms with Gasteiger partial charge in [-0.2, -0.15) is 0 Å². The third kappa shape index (κ3) is 3.72. The second-order valence-corrected chi connectivity index (χ2v) is 4.28. The molecule has 1 atom stereocenters. The highest BCUT2D eigenvalue weighted by atomic mass is 35.5. The van der Waals surface area contributed by atoms with E-state index in [1.807, 2.05) is 6.92 Å². The highest BCUT2D eigenvalue weighted by Crippen LogP contribution is 2.18. The minimum Gasteiger partial charge on any atom is -0.481 e. The molecule has 0 spiro atoms. The molecule has 100 valence electrons. The van der Waals surface area contributed by atoms with Crippen molar-refractivity contribution in [2.24, 2.45) is 0 Å². The molecule has 0 unspecified atom stereocenters. The van der Waals surface area contributed by atoms with Crippen LogP contribution in [-0.4, -0.2) is 17.2 Å². The van der Waals surface area contributed by atoms with Gasteiger partial charge in [0.1, 0.15) is 12.0 Å². The number of nitrogens with zero attached hydrogens (tertiary/aromatic N) is 1. The monoisotopic (exact) mass is 280 g/mol. The lowest BCUT2D eigenvalue weighted by Crippen LogP contribution is -2.32. The van der Waals surface area contributed by atoms with Crippen molar-refractivity contribution in [1.82, 2.24) is 5.16 Å². The summed E-state index contributed by atoms with van der Waals surface area (Å²) < 4.78 is 10.2. The van der Waals surface area contributed by atoms with Crippen LogP contribution in [0.4, 0.5) is 5.82 Å². The highest BCUT2D eigenvalue weighted by Gasteiger charge is 2.19. The van der Waals surface area contributed by atoms with E-state index in [0.29, 0.717) is 23.0 Å². The second-order valence-electron chi connectivity index (χ2n) is 3.84. The maximum absolute atomic E-state index is 12.0. The molecule has 19 heavy (non-hydrogen) atoms. The highest BCUT2D eigenvalue weighted by molar-refractivity contribution is 6.30. The lowest BCUT2D eigenvalue weighted by molar-refractivity contribution is -0.122. The van der Waals surface area contributed by atoms with Gasteiger partial charge < -0.3 is 14.6 Å². The molecule has 0 aliphatic heterocycles. The molecule has 1 aromatic heterocycles. The SMILES string of the molecule is CC[C@@H](Oc1ccc(Cl)cc1)C(=O)Nc1ccon1. The van der Waals surface area contributed by atoms with Gasteiger partial charge in [-0.1, -0.05) is 23.7 Å². The van der Waals surface area contributed by atoms with Crippen LogP contribution in [-0.2, 0) is 4.79 Å². The van der Waals surface area contributed by atoms with Crippen LogP contribution in [0.25, 0.3) is 0 Å². The van der Waals surface area contributed by atoms with Crippen molar-refractivity contribution >= 4 is 23.3 Å². The zero-order chi connectivity index (χ0) is 13.7. The van der Waals surface area contributed by atoms with E-state index < -0.39 is 6.10 Å². The molecule has 0 aliphatic carbocycles. The first kappa shape index (κ1) is 13.4. The predicted octanol–water partition coefficient (Wildman–Crippen LogP) is 3.12. The Morgan fingerprint density at radius 2 is 2.16 bits per heavy atom. The zero-order valence-corrected chi connectivity index (χ0v) is 11.1. The largest absolute Gasteiger partial charge is 0.481 e. The van der Waals surface area contributed by atoms with Crippen molar-refractivity contribution in [3.05, 3.63) is 41.6 Å². The number of carbonyl (C=O) groups is 1. The zero-order valence-electron chi connectivity index (χ0n) is 10.3. The Labute approximate surface area is 115 Å². The predicted molar refractivity (Wildman–Crippen MR) is 71.3 cm³/mol. The molecule has 1 N–H and O–H groups in total. The summed E-state index contributed by atoms with van der Waals surface area (Å²) in [5.41, 5.74) is 0. The Balaban J connectivity index is 1.99. The maximum Gasteiger partial charge on any atom is 0.266 e. The Morgan fingerprint density at radius 1 is 1.42 bits per heavy atom. The number of aromatic nitrogens is 1. The van der Waals surface area contributed by atoms with Crippen LogP contribution in [0.15, 0.2) is 41.1 Å². The Hall–Kier alpha value is -2.01. The molecule has 0 aliphatic rings. The number of carbonyl (C=O) groups excluding carboxylic acids is 1. The van der Waals surface area contributed by atoms with Gasteiger partial charge in [0.05, 0.1) is 0 Å². The minimum atomic E-state index is -0.599. The van der Waals surface area contributed by atoms with E-state index in [9.17, 15) is 4.79 Å². The van der Waals surface area contributed by atoms with Crippen molar-refractivity contribution in [2.45, 2.75) is 19.4 Å².